The quantitative estimate of drug-likeness (QED) is 0.854. The van der Waals surface area contributed by atoms with E-state index in [0.29, 0.717) is 5.69 Å². The molecule has 7 nitrogen and oxygen atoms in total. The van der Waals surface area contributed by atoms with Crippen LogP contribution in [0.15, 0.2) is 34.9 Å². The highest BCUT2D eigenvalue weighted by atomic mass is 16.6. The molecule has 0 fully saturated rings. The van der Waals surface area contributed by atoms with Gasteiger partial charge in [0.25, 0.3) is 5.76 Å². The van der Waals surface area contributed by atoms with Crippen molar-refractivity contribution in [3.63, 3.8) is 0 Å². The lowest BCUT2D eigenvalue weighted by Gasteiger charge is -2.07. The summed E-state index contributed by atoms with van der Waals surface area (Å²) in [5.74, 6) is -0.850. The Hall–Kier alpha value is -2.83. The summed E-state index contributed by atoms with van der Waals surface area (Å²) in [6, 6.07) is 9.23. The van der Waals surface area contributed by atoms with Crippen molar-refractivity contribution in [3.8, 4) is 0 Å². The molecule has 0 saturated heterocycles. The molecule has 1 aromatic carbocycles. The summed E-state index contributed by atoms with van der Waals surface area (Å²) in [6.45, 7) is 3.57. The van der Waals surface area contributed by atoms with Crippen molar-refractivity contribution in [1.82, 2.24) is 5.16 Å². The van der Waals surface area contributed by atoms with E-state index in [1.807, 2.05) is 30.3 Å². The Kier molecular flexibility index (Phi) is 5.13. The number of aromatic nitrogens is 1. The van der Waals surface area contributed by atoms with Gasteiger partial charge in [0.1, 0.15) is 18.0 Å². The first-order valence-corrected chi connectivity index (χ1v) is 6.73. The first-order valence-electron chi connectivity index (χ1n) is 6.73. The van der Waals surface area contributed by atoms with Gasteiger partial charge in [-0.05, 0) is 19.4 Å². The zero-order valence-corrected chi connectivity index (χ0v) is 12.3. The fourth-order valence-corrected chi connectivity index (χ4v) is 1.71. The fourth-order valence-electron chi connectivity index (χ4n) is 1.71. The smallest absolute Gasteiger partial charge is 0.412 e. The Labute approximate surface area is 127 Å². The van der Waals surface area contributed by atoms with Gasteiger partial charge < -0.3 is 14.0 Å². The van der Waals surface area contributed by atoms with Crippen LogP contribution >= 0.6 is 0 Å². The average Bonchev–Trinajstić information content (AvgIpc) is 2.88. The van der Waals surface area contributed by atoms with Gasteiger partial charge >= 0.3 is 12.1 Å². The Bertz CT molecular complexity index is 651. The fraction of sp³-hybridized carbons (Fsp3) is 0.267. The van der Waals surface area contributed by atoms with Crippen molar-refractivity contribution >= 4 is 17.7 Å². The van der Waals surface area contributed by atoms with Crippen molar-refractivity contribution in [3.05, 3.63) is 47.3 Å². The summed E-state index contributed by atoms with van der Waals surface area (Å²) >= 11 is 0. The van der Waals surface area contributed by atoms with Crippen LogP contribution < -0.4 is 5.32 Å². The second-order valence-corrected chi connectivity index (χ2v) is 4.38. The SMILES string of the molecule is CCOC(=O)c1onc(C)c1NC(=O)OCc1ccccc1. The Morgan fingerprint density at radius 1 is 1.23 bits per heavy atom. The second-order valence-electron chi connectivity index (χ2n) is 4.38. The molecule has 0 aliphatic rings. The van der Waals surface area contributed by atoms with Crippen LogP contribution in [0.5, 0.6) is 0 Å². The summed E-state index contributed by atoms with van der Waals surface area (Å²) < 4.78 is 14.8. The molecule has 1 heterocycles. The molecule has 22 heavy (non-hydrogen) atoms. The van der Waals surface area contributed by atoms with Gasteiger partial charge in [-0.3, -0.25) is 5.32 Å². The van der Waals surface area contributed by atoms with E-state index in [1.165, 1.54) is 0 Å². The van der Waals surface area contributed by atoms with Gasteiger partial charge in [-0.2, -0.15) is 0 Å². The lowest BCUT2D eigenvalue weighted by atomic mass is 10.2. The van der Waals surface area contributed by atoms with Crippen LogP contribution in [-0.2, 0) is 16.1 Å². The minimum Gasteiger partial charge on any atom is -0.460 e. The normalized spacial score (nSPS) is 10.1. The van der Waals surface area contributed by atoms with Gasteiger partial charge in [-0.15, -0.1) is 0 Å². The molecule has 116 valence electrons. The van der Waals surface area contributed by atoms with Crippen LogP contribution in [0.2, 0.25) is 0 Å². The molecule has 0 spiro atoms. The van der Waals surface area contributed by atoms with Gasteiger partial charge in [0.15, 0.2) is 0 Å². The number of rotatable bonds is 5. The first-order chi connectivity index (χ1) is 10.6. The molecule has 0 unspecified atom stereocenters. The largest absolute Gasteiger partial charge is 0.460 e. The number of benzene rings is 1. The summed E-state index contributed by atoms with van der Waals surface area (Å²) in [4.78, 5) is 23.5. The van der Waals surface area contributed by atoms with Crippen molar-refractivity contribution < 1.29 is 23.6 Å². The maximum Gasteiger partial charge on any atom is 0.412 e. The molecular formula is C15H16N2O5. The molecule has 0 aliphatic heterocycles. The lowest BCUT2D eigenvalue weighted by Crippen LogP contribution is -2.16. The highest BCUT2D eigenvalue weighted by Gasteiger charge is 2.23. The third kappa shape index (κ3) is 3.85. The van der Waals surface area contributed by atoms with E-state index in [4.69, 9.17) is 14.0 Å². The summed E-state index contributed by atoms with van der Waals surface area (Å²) in [5.41, 5.74) is 1.36. The van der Waals surface area contributed by atoms with Gasteiger partial charge in [-0.25, -0.2) is 9.59 Å². The minimum absolute atomic E-state index is 0.117. The van der Waals surface area contributed by atoms with Crippen LogP contribution in [0.1, 0.15) is 28.7 Å². The number of amides is 1. The molecule has 7 heteroatoms. The Balaban J connectivity index is 1.99. The molecular weight excluding hydrogens is 288 g/mol. The monoisotopic (exact) mass is 304 g/mol. The predicted octanol–water partition coefficient (Wildman–Crippen LogP) is 2.91. The topological polar surface area (TPSA) is 90.7 Å². The van der Waals surface area contributed by atoms with Gasteiger partial charge in [0.2, 0.25) is 0 Å². The number of carbonyl (C=O) groups is 2. The number of nitrogens with one attached hydrogen (secondary N) is 1. The molecule has 0 radical (unpaired) electrons. The molecule has 1 N–H and O–H groups in total. The standard InChI is InChI=1S/C15H16N2O5/c1-3-20-14(18)13-12(10(2)17-22-13)16-15(19)21-9-11-7-5-4-6-8-11/h4-8H,3,9H2,1-2H3,(H,16,19). The highest BCUT2D eigenvalue weighted by molar-refractivity contribution is 5.97. The molecule has 2 rings (SSSR count). The van der Waals surface area contributed by atoms with E-state index in [0.717, 1.165) is 5.56 Å². The number of carbonyl (C=O) groups excluding carboxylic acids is 2. The van der Waals surface area contributed by atoms with Gasteiger partial charge in [0.05, 0.1) is 6.61 Å². The predicted molar refractivity (Wildman–Crippen MR) is 77.4 cm³/mol. The molecule has 2 aromatic rings. The number of aryl methyl sites for hydroxylation is 1. The molecule has 1 aromatic heterocycles. The zero-order valence-electron chi connectivity index (χ0n) is 12.3. The highest BCUT2D eigenvalue weighted by Crippen LogP contribution is 2.21. The van der Waals surface area contributed by atoms with Crippen molar-refractivity contribution in [2.75, 3.05) is 11.9 Å². The van der Waals surface area contributed by atoms with E-state index < -0.39 is 12.1 Å². The zero-order chi connectivity index (χ0) is 15.9. The lowest BCUT2D eigenvalue weighted by molar-refractivity contribution is 0.0481. The summed E-state index contributed by atoms with van der Waals surface area (Å²) in [7, 11) is 0. The molecule has 1 amide bonds. The second kappa shape index (κ2) is 7.26. The molecule has 0 bridgehead atoms. The van der Waals surface area contributed by atoms with E-state index in [9.17, 15) is 9.59 Å². The maximum absolute atomic E-state index is 11.8. The van der Waals surface area contributed by atoms with Crippen LogP contribution in [-0.4, -0.2) is 23.8 Å². The molecule has 0 aliphatic carbocycles. The van der Waals surface area contributed by atoms with Crippen LogP contribution in [0.3, 0.4) is 0 Å². The van der Waals surface area contributed by atoms with Crippen molar-refractivity contribution in [1.29, 1.82) is 0 Å². The minimum atomic E-state index is -0.708. The average molecular weight is 304 g/mol. The third-order valence-electron chi connectivity index (χ3n) is 2.76. The summed E-state index contributed by atoms with van der Waals surface area (Å²) in [6.07, 6.45) is -0.708. The number of nitrogens with zero attached hydrogens (tertiary/aromatic N) is 1. The van der Waals surface area contributed by atoms with Crippen LogP contribution in [0.25, 0.3) is 0 Å². The Morgan fingerprint density at radius 2 is 1.95 bits per heavy atom. The number of anilines is 1. The van der Waals surface area contributed by atoms with Crippen LogP contribution in [0.4, 0.5) is 10.5 Å². The van der Waals surface area contributed by atoms with Gasteiger partial charge in [0, 0.05) is 0 Å². The number of hydrogen-bond donors (Lipinski definition) is 1. The van der Waals surface area contributed by atoms with E-state index in [2.05, 4.69) is 10.5 Å². The van der Waals surface area contributed by atoms with E-state index in [1.54, 1.807) is 13.8 Å². The molecule has 0 saturated carbocycles. The summed E-state index contributed by atoms with van der Waals surface area (Å²) in [5, 5.41) is 6.10. The number of hydrogen-bond acceptors (Lipinski definition) is 6. The van der Waals surface area contributed by atoms with E-state index >= 15 is 0 Å². The number of esters is 1. The third-order valence-corrected chi connectivity index (χ3v) is 2.76. The molecule has 0 atom stereocenters. The van der Waals surface area contributed by atoms with Crippen molar-refractivity contribution in [2.24, 2.45) is 0 Å². The van der Waals surface area contributed by atoms with Gasteiger partial charge in [-0.1, -0.05) is 35.5 Å². The van der Waals surface area contributed by atoms with E-state index in [-0.39, 0.29) is 24.7 Å². The Morgan fingerprint density at radius 3 is 2.64 bits per heavy atom. The number of ether oxygens (including phenoxy) is 2. The van der Waals surface area contributed by atoms with Crippen molar-refractivity contribution in [2.45, 2.75) is 20.5 Å². The first kappa shape index (κ1) is 15.6. The maximum atomic E-state index is 11.8. The van der Waals surface area contributed by atoms with Crippen LogP contribution in [0, 0.1) is 6.92 Å².